The van der Waals surface area contributed by atoms with E-state index in [1.807, 2.05) is 44.2 Å². The molecule has 92 valence electrons. The van der Waals surface area contributed by atoms with Gasteiger partial charge >= 0.3 is 0 Å². The smallest absolute Gasteiger partial charge is 0.146 e. The SMILES string of the molecule is CC1(C)C(=O)CC1Oc1cccc2cccnc12. The summed E-state index contributed by atoms with van der Waals surface area (Å²) in [6.07, 6.45) is 2.21. The van der Waals surface area contributed by atoms with Gasteiger partial charge in [0.15, 0.2) is 0 Å². The lowest BCUT2D eigenvalue weighted by molar-refractivity contribution is -0.147. The van der Waals surface area contributed by atoms with E-state index in [0.717, 1.165) is 16.7 Å². The summed E-state index contributed by atoms with van der Waals surface area (Å²) < 4.78 is 5.97. The Kier molecular flexibility index (Phi) is 2.37. The van der Waals surface area contributed by atoms with Crippen molar-refractivity contribution in [1.82, 2.24) is 4.98 Å². The average molecular weight is 241 g/mol. The third-order valence-electron chi connectivity index (χ3n) is 3.76. The van der Waals surface area contributed by atoms with Gasteiger partial charge in [-0.1, -0.05) is 18.2 Å². The topological polar surface area (TPSA) is 39.2 Å². The van der Waals surface area contributed by atoms with Crippen LogP contribution in [0, 0.1) is 5.41 Å². The van der Waals surface area contributed by atoms with Gasteiger partial charge in [0.25, 0.3) is 0 Å². The highest BCUT2D eigenvalue weighted by Gasteiger charge is 2.49. The first-order valence-electron chi connectivity index (χ1n) is 6.13. The Morgan fingerprint density at radius 3 is 2.78 bits per heavy atom. The van der Waals surface area contributed by atoms with Gasteiger partial charge in [0, 0.05) is 18.0 Å². The Hall–Kier alpha value is -1.90. The first kappa shape index (κ1) is 11.2. The van der Waals surface area contributed by atoms with E-state index in [1.54, 1.807) is 6.20 Å². The fraction of sp³-hybridized carbons (Fsp3) is 0.333. The number of para-hydroxylation sites is 1. The van der Waals surface area contributed by atoms with Crippen LogP contribution >= 0.6 is 0 Å². The van der Waals surface area contributed by atoms with E-state index in [9.17, 15) is 4.79 Å². The summed E-state index contributed by atoms with van der Waals surface area (Å²) in [5.41, 5.74) is 0.479. The van der Waals surface area contributed by atoms with Gasteiger partial charge in [-0.25, -0.2) is 0 Å². The molecule has 3 nitrogen and oxygen atoms in total. The van der Waals surface area contributed by atoms with E-state index in [4.69, 9.17) is 4.74 Å². The van der Waals surface area contributed by atoms with Crippen molar-refractivity contribution < 1.29 is 9.53 Å². The van der Waals surface area contributed by atoms with Gasteiger partial charge in [-0.15, -0.1) is 0 Å². The van der Waals surface area contributed by atoms with Gasteiger partial charge in [-0.2, -0.15) is 0 Å². The molecule has 1 unspecified atom stereocenters. The maximum atomic E-state index is 11.5. The number of nitrogens with zero attached hydrogens (tertiary/aromatic N) is 1. The van der Waals surface area contributed by atoms with Crippen molar-refractivity contribution >= 4 is 16.7 Å². The van der Waals surface area contributed by atoms with Crippen LogP contribution < -0.4 is 4.74 Å². The van der Waals surface area contributed by atoms with Crippen LogP contribution in [0.2, 0.25) is 0 Å². The zero-order chi connectivity index (χ0) is 12.8. The maximum Gasteiger partial charge on any atom is 0.146 e. The number of ketones is 1. The van der Waals surface area contributed by atoms with Gasteiger partial charge in [0.2, 0.25) is 0 Å². The van der Waals surface area contributed by atoms with Crippen molar-refractivity contribution in [3.63, 3.8) is 0 Å². The molecular weight excluding hydrogens is 226 g/mol. The first-order chi connectivity index (χ1) is 8.59. The molecule has 2 aromatic rings. The predicted octanol–water partition coefficient (Wildman–Crippen LogP) is 2.98. The number of benzene rings is 1. The lowest BCUT2D eigenvalue weighted by atomic mass is 9.68. The van der Waals surface area contributed by atoms with Crippen molar-refractivity contribution in [1.29, 1.82) is 0 Å². The van der Waals surface area contributed by atoms with Crippen LogP contribution in [0.3, 0.4) is 0 Å². The number of carbonyl (C=O) groups excluding carboxylic acids is 1. The van der Waals surface area contributed by atoms with Crippen molar-refractivity contribution in [2.75, 3.05) is 0 Å². The summed E-state index contributed by atoms with van der Waals surface area (Å²) in [7, 11) is 0. The first-order valence-corrected chi connectivity index (χ1v) is 6.13. The quantitative estimate of drug-likeness (QED) is 0.811. The molecule has 0 aliphatic heterocycles. The zero-order valence-corrected chi connectivity index (χ0v) is 10.5. The number of hydrogen-bond donors (Lipinski definition) is 0. The minimum Gasteiger partial charge on any atom is -0.487 e. The second-order valence-electron chi connectivity index (χ2n) is 5.29. The average Bonchev–Trinajstić information content (AvgIpc) is 2.39. The molecule has 0 saturated heterocycles. The Labute approximate surface area is 106 Å². The molecule has 1 heterocycles. The van der Waals surface area contributed by atoms with Gasteiger partial charge in [-0.3, -0.25) is 9.78 Å². The third kappa shape index (κ3) is 1.58. The standard InChI is InChI=1S/C15H15NO2/c1-15(2)12(17)9-13(15)18-11-7-3-5-10-6-4-8-16-14(10)11/h3-8,13H,9H2,1-2H3. The van der Waals surface area contributed by atoms with E-state index in [2.05, 4.69) is 4.98 Å². The van der Waals surface area contributed by atoms with Crippen LogP contribution in [-0.2, 0) is 4.79 Å². The number of fused-ring (bicyclic) bond motifs is 1. The van der Waals surface area contributed by atoms with Crippen LogP contribution in [-0.4, -0.2) is 16.9 Å². The number of pyridine rings is 1. The summed E-state index contributed by atoms with van der Waals surface area (Å²) in [4.78, 5) is 15.9. The lowest BCUT2D eigenvalue weighted by Gasteiger charge is -2.41. The highest BCUT2D eigenvalue weighted by Crippen LogP contribution is 2.40. The normalized spacial score (nSPS) is 21.7. The molecule has 0 amide bonds. The number of aromatic nitrogens is 1. The second kappa shape index (κ2) is 3.80. The summed E-state index contributed by atoms with van der Waals surface area (Å²) in [6, 6.07) is 9.78. The molecule has 0 bridgehead atoms. The number of hydrogen-bond acceptors (Lipinski definition) is 3. The molecule has 1 saturated carbocycles. The summed E-state index contributed by atoms with van der Waals surface area (Å²) >= 11 is 0. The van der Waals surface area contributed by atoms with Crippen molar-refractivity contribution in [2.45, 2.75) is 26.4 Å². The van der Waals surface area contributed by atoms with Crippen molar-refractivity contribution in [2.24, 2.45) is 5.41 Å². The fourth-order valence-electron chi connectivity index (χ4n) is 2.25. The van der Waals surface area contributed by atoms with Gasteiger partial charge in [0.1, 0.15) is 23.2 Å². The maximum absolute atomic E-state index is 11.5. The van der Waals surface area contributed by atoms with E-state index in [1.165, 1.54) is 0 Å². The Balaban J connectivity index is 1.94. The minimum atomic E-state index is -0.378. The monoisotopic (exact) mass is 241 g/mol. The molecule has 1 aromatic heterocycles. The largest absolute Gasteiger partial charge is 0.487 e. The molecule has 1 atom stereocenters. The number of carbonyl (C=O) groups is 1. The highest BCUT2D eigenvalue weighted by atomic mass is 16.5. The van der Waals surface area contributed by atoms with E-state index >= 15 is 0 Å². The fourth-order valence-corrected chi connectivity index (χ4v) is 2.25. The minimum absolute atomic E-state index is 0.0439. The van der Waals surface area contributed by atoms with Gasteiger partial charge < -0.3 is 4.74 Å². The molecule has 18 heavy (non-hydrogen) atoms. The number of ether oxygens (including phenoxy) is 1. The van der Waals surface area contributed by atoms with Crippen molar-refractivity contribution in [3.05, 3.63) is 36.5 Å². The van der Waals surface area contributed by atoms with Crippen LogP contribution in [0.4, 0.5) is 0 Å². The van der Waals surface area contributed by atoms with Crippen LogP contribution in [0.5, 0.6) is 5.75 Å². The van der Waals surface area contributed by atoms with E-state index in [-0.39, 0.29) is 17.3 Å². The van der Waals surface area contributed by atoms with Gasteiger partial charge in [-0.05, 0) is 26.0 Å². The van der Waals surface area contributed by atoms with Crippen LogP contribution in [0.25, 0.3) is 10.9 Å². The molecular formula is C15H15NO2. The van der Waals surface area contributed by atoms with Crippen LogP contribution in [0.1, 0.15) is 20.3 Å². The predicted molar refractivity (Wildman–Crippen MR) is 69.6 cm³/mol. The van der Waals surface area contributed by atoms with Gasteiger partial charge in [0.05, 0.1) is 5.41 Å². The number of Topliss-reactive ketones (excluding diaryl/α,β-unsaturated/α-hetero) is 1. The zero-order valence-electron chi connectivity index (χ0n) is 10.5. The highest BCUT2D eigenvalue weighted by molar-refractivity contribution is 5.92. The Bertz CT molecular complexity index is 613. The molecule has 3 heteroatoms. The molecule has 3 rings (SSSR count). The van der Waals surface area contributed by atoms with Crippen molar-refractivity contribution in [3.8, 4) is 5.75 Å². The molecule has 1 aromatic carbocycles. The molecule has 1 fully saturated rings. The number of rotatable bonds is 2. The Morgan fingerprint density at radius 1 is 1.28 bits per heavy atom. The molecule has 0 spiro atoms. The lowest BCUT2D eigenvalue weighted by Crippen LogP contribution is -2.53. The summed E-state index contributed by atoms with van der Waals surface area (Å²) in [6.45, 7) is 3.87. The molecule has 1 aliphatic carbocycles. The summed E-state index contributed by atoms with van der Waals surface area (Å²) in [5.74, 6) is 1.03. The van der Waals surface area contributed by atoms with E-state index < -0.39 is 0 Å². The molecule has 0 N–H and O–H groups in total. The Morgan fingerprint density at radius 2 is 2.06 bits per heavy atom. The van der Waals surface area contributed by atoms with Crippen LogP contribution in [0.15, 0.2) is 36.5 Å². The molecule has 1 aliphatic rings. The third-order valence-corrected chi connectivity index (χ3v) is 3.76. The second-order valence-corrected chi connectivity index (χ2v) is 5.29. The summed E-state index contributed by atoms with van der Waals surface area (Å²) in [5, 5.41) is 1.05. The van der Waals surface area contributed by atoms with E-state index in [0.29, 0.717) is 6.42 Å². The molecule has 0 radical (unpaired) electrons.